The van der Waals surface area contributed by atoms with E-state index in [4.69, 9.17) is 0 Å². The summed E-state index contributed by atoms with van der Waals surface area (Å²) in [7, 11) is 0. The first-order valence-corrected chi connectivity index (χ1v) is 2.94. The van der Waals surface area contributed by atoms with Crippen molar-refractivity contribution in [3.8, 4) is 0 Å². The van der Waals surface area contributed by atoms with Crippen LogP contribution in [-0.2, 0) is 0 Å². The summed E-state index contributed by atoms with van der Waals surface area (Å²) in [5.74, 6) is 1.36. The molecule has 1 atom stereocenters. The van der Waals surface area contributed by atoms with Crippen molar-refractivity contribution in [1.29, 1.82) is 0 Å². The van der Waals surface area contributed by atoms with Crippen molar-refractivity contribution >= 4 is 19.2 Å². The minimum atomic E-state index is 0.646. The monoisotopic (exact) mass is 107 g/mol. The van der Waals surface area contributed by atoms with Crippen LogP contribution >= 0.6 is 0 Å². The van der Waals surface area contributed by atoms with Crippen LogP contribution in [0.3, 0.4) is 0 Å². The van der Waals surface area contributed by atoms with Crippen LogP contribution in [0.4, 0.5) is 0 Å². The van der Waals surface area contributed by atoms with Gasteiger partial charge in [0, 0.05) is 0 Å². The maximum absolute atomic E-state index is 3.81. The van der Waals surface area contributed by atoms with Crippen LogP contribution in [0.2, 0.25) is 5.82 Å². The van der Waals surface area contributed by atoms with E-state index in [2.05, 4.69) is 32.5 Å². The fourth-order valence-corrected chi connectivity index (χ4v) is 0.828. The normalized spacial score (nSPS) is 24.4. The molecule has 2 heteroatoms. The Bertz CT molecular complexity index is 137. The van der Waals surface area contributed by atoms with E-state index in [0.29, 0.717) is 5.82 Å². The van der Waals surface area contributed by atoms with Crippen molar-refractivity contribution in [3.63, 3.8) is 0 Å². The quantitative estimate of drug-likeness (QED) is 0.368. The zero-order valence-corrected chi connectivity index (χ0v) is 5.39. The van der Waals surface area contributed by atoms with Gasteiger partial charge >= 0.3 is 49.8 Å². The van der Waals surface area contributed by atoms with Gasteiger partial charge in [0.2, 0.25) is 0 Å². The molecule has 1 unspecified atom stereocenters. The molecule has 1 nitrogen and oxygen atoms in total. The Morgan fingerprint density at radius 1 is 1.75 bits per heavy atom. The Morgan fingerprint density at radius 3 is 2.50 bits per heavy atom. The molecule has 8 heavy (non-hydrogen) atoms. The molecule has 0 bridgehead atoms. The molecular weight excluding hydrogens is 96.9 g/mol. The number of hydrogen-bond acceptors (Lipinski definition) is 1. The number of hydrogen-bond donors (Lipinski definition) is 0. The van der Waals surface area contributed by atoms with Crippen LogP contribution in [0.25, 0.3) is 0 Å². The average Bonchev–Trinajstić information content (AvgIpc) is 2.42. The van der Waals surface area contributed by atoms with Gasteiger partial charge < -0.3 is 0 Å². The van der Waals surface area contributed by atoms with Crippen molar-refractivity contribution in [1.82, 2.24) is 0 Å². The van der Waals surface area contributed by atoms with E-state index in [9.17, 15) is 0 Å². The fourth-order valence-electron chi connectivity index (χ4n) is 0.828. The van der Waals surface area contributed by atoms with Crippen LogP contribution < -0.4 is 0 Å². The van der Waals surface area contributed by atoms with Gasteiger partial charge in [0.15, 0.2) is 0 Å². The van der Waals surface area contributed by atoms with Gasteiger partial charge in [-0.1, -0.05) is 0 Å². The van der Waals surface area contributed by atoms with Crippen molar-refractivity contribution in [3.05, 3.63) is 0 Å². The van der Waals surface area contributed by atoms with Crippen molar-refractivity contribution < 1.29 is 0 Å². The third-order valence-corrected chi connectivity index (χ3v) is 1.48. The van der Waals surface area contributed by atoms with Crippen LogP contribution in [-0.4, -0.2) is 19.2 Å². The van der Waals surface area contributed by atoms with E-state index in [-0.39, 0.29) is 0 Å². The molecule has 0 saturated heterocycles. The van der Waals surface area contributed by atoms with Gasteiger partial charge in [-0.25, -0.2) is 0 Å². The van der Waals surface area contributed by atoms with Gasteiger partial charge in [-0.2, -0.15) is 0 Å². The Kier molecular flexibility index (Phi) is 1.32. The Balaban J connectivity index is 2.32. The van der Waals surface area contributed by atoms with Crippen molar-refractivity contribution in [2.45, 2.75) is 19.7 Å². The summed E-state index contributed by atoms with van der Waals surface area (Å²) < 4.78 is 0. The maximum atomic E-state index is 3.81. The van der Waals surface area contributed by atoms with E-state index in [1.54, 1.807) is 0 Å². The molecule has 1 heterocycles. The summed E-state index contributed by atoms with van der Waals surface area (Å²) in [6.07, 6.45) is 0. The zero-order valence-electron chi connectivity index (χ0n) is 5.39. The standard InChI is InChI=1S/C6H10BN/c1-4(2)5-6(7-5)8-3/h4-5H,3H2,1-2H3. The molecule has 0 aromatic rings. The van der Waals surface area contributed by atoms with Gasteiger partial charge in [0.25, 0.3) is 0 Å². The molecule has 0 aromatic heterocycles. The molecule has 0 aliphatic carbocycles. The third-order valence-electron chi connectivity index (χ3n) is 1.48. The molecule has 0 radical (unpaired) electrons. The number of rotatable bonds is 2. The first kappa shape index (κ1) is 5.74. The van der Waals surface area contributed by atoms with E-state index in [1.807, 2.05) is 0 Å². The predicted molar refractivity (Wildman–Crippen MR) is 38.9 cm³/mol. The summed E-state index contributed by atoms with van der Waals surface area (Å²) in [5.41, 5.74) is 1.18. The van der Waals surface area contributed by atoms with E-state index >= 15 is 0 Å². The molecule has 0 fully saturated rings. The van der Waals surface area contributed by atoms with Gasteiger partial charge in [0.05, 0.1) is 0 Å². The number of nitrogens with zero attached hydrogens (tertiary/aromatic N) is 1. The molecule has 0 N–H and O–H groups in total. The number of aliphatic imine (C=N–C) groups is 1. The molecule has 0 saturated carbocycles. The molecule has 1 rings (SSSR count). The van der Waals surface area contributed by atoms with Gasteiger partial charge in [0.1, 0.15) is 0 Å². The van der Waals surface area contributed by atoms with Crippen LogP contribution in [0, 0.1) is 5.92 Å². The predicted octanol–water partition coefficient (Wildman–Crippen LogP) is 0.979. The Hall–Kier alpha value is -0.395. The molecule has 1 aliphatic rings. The fraction of sp³-hybridized carbons (Fsp3) is 0.667. The van der Waals surface area contributed by atoms with Crippen molar-refractivity contribution in [2.75, 3.05) is 0 Å². The van der Waals surface area contributed by atoms with Gasteiger partial charge in [-0.05, 0) is 0 Å². The zero-order chi connectivity index (χ0) is 6.15. The second kappa shape index (κ2) is 1.84. The second-order valence-corrected chi connectivity index (χ2v) is 2.52. The summed E-state index contributed by atoms with van der Waals surface area (Å²) >= 11 is 0. The Labute approximate surface area is 50.7 Å². The average molecular weight is 107 g/mol. The van der Waals surface area contributed by atoms with Crippen LogP contribution in [0.15, 0.2) is 4.99 Å². The van der Waals surface area contributed by atoms with Gasteiger partial charge in [-0.15, -0.1) is 0 Å². The van der Waals surface area contributed by atoms with Crippen LogP contribution in [0.1, 0.15) is 13.8 Å². The van der Waals surface area contributed by atoms with Gasteiger partial charge in [-0.3, -0.25) is 0 Å². The van der Waals surface area contributed by atoms with Crippen molar-refractivity contribution in [2.24, 2.45) is 10.9 Å². The molecule has 0 amide bonds. The molecule has 0 spiro atoms. The molecule has 0 aromatic carbocycles. The second-order valence-electron chi connectivity index (χ2n) is 2.52. The first-order valence-electron chi connectivity index (χ1n) is 2.94. The summed E-state index contributed by atoms with van der Waals surface area (Å²) in [5, 5.41) is 0. The first-order chi connectivity index (χ1) is 3.75. The summed E-state index contributed by atoms with van der Waals surface area (Å²) in [4.78, 5) is 3.81. The molecular formula is C6H10BN. The topological polar surface area (TPSA) is 12.4 Å². The molecule has 42 valence electrons. The summed E-state index contributed by atoms with van der Waals surface area (Å²) in [6, 6.07) is 0. The SMILES string of the molecule is C=NC1=BC1C(C)C. The van der Waals surface area contributed by atoms with Crippen LogP contribution in [0.5, 0.6) is 0 Å². The van der Waals surface area contributed by atoms with E-state index in [1.165, 1.54) is 5.59 Å². The summed E-state index contributed by atoms with van der Waals surface area (Å²) in [6.45, 7) is 9.98. The molecule has 1 aliphatic heterocycles. The minimum absolute atomic E-state index is 0.646. The van der Waals surface area contributed by atoms with E-state index in [0.717, 1.165) is 5.92 Å². The Morgan fingerprint density at radius 2 is 2.38 bits per heavy atom. The third kappa shape index (κ3) is 0.883. The van der Waals surface area contributed by atoms with E-state index < -0.39 is 0 Å².